The van der Waals surface area contributed by atoms with Gasteiger partial charge in [0.05, 0.1) is 18.3 Å². The SMILES string of the molecule is Cc1cc(C)c(C#N)c(N2CC[C@H](OCc3ccncc3)C2)n1. The van der Waals surface area contributed by atoms with E-state index in [1.807, 2.05) is 32.0 Å². The van der Waals surface area contributed by atoms with E-state index < -0.39 is 0 Å². The topological polar surface area (TPSA) is 62.0 Å². The lowest BCUT2D eigenvalue weighted by molar-refractivity contribution is 0.0553. The molecule has 0 unspecified atom stereocenters. The fourth-order valence-electron chi connectivity index (χ4n) is 2.93. The van der Waals surface area contributed by atoms with Crippen molar-refractivity contribution < 1.29 is 4.74 Å². The number of pyridine rings is 2. The summed E-state index contributed by atoms with van der Waals surface area (Å²) >= 11 is 0. The molecule has 0 amide bonds. The summed E-state index contributed by atoms with van der Waals surface area (Å²) in [6.07, 6.45) is 4.67. The molecule has 1 fully saturated rings. The molecule has 2 aromatic heterocycles. The van der Waals surface area contributed by atoms with E-state index in [2.05, 4.69) is 20.9 Å². The summed E-state index contributed by atoms with van der Waals surface area (Å²) in [5.74, 6) is 0.792. The summed E-state index contributed by atoms with van der Waals surface area (Å²) in [4.78, 5) is 10.8. The first-order valence-electron chi connectivity index (χ1n) is 7.81. The van der Waals surface area contributed by atoms with Gasteiger partial charge < -0.3 is 9.64 Å². The zero-order chi connectivity index (χ0) is 16.2. The van der Waals surface area contributed by atoms with Crippen LogP contribution in [0.15, 0.2) is 30.6 Å². The highest BCUT2D eigenvalue weighted by Gasteiger charge is 2.26. The molecule has 5 heteroatoms. The van der Waals surface area contributed by atoms with Gasteiger partial charge in [-0.1, -0.05) is 0 Å². The largest absolute Gasteiger partial charge is 0.372 e. The summed E-state index contributed by atoms with van der Waals surface area (Å²) in [6, 6.07) is 8.17. The quantitative estimate of drug-likeness (QED) is 0.869. The maximum absolute atomic E-state index is 9.41. The van der Waals surface area contributed by atoms with E-state index in [1.54, 1.807) is 12.4 Å². The molecule has 118 valence electrons. The highest BCUT2D eigenvalue weighted by atomic mass is 16.5. The van der Waals surface area contributed by atoms with Crippen molar-refractivity contribution in [3.05, 3.63) is 53.0 Å². The average molecular weight is 308 g/mol. The zero-order valence-corrected chi connectivity index (χ0v) is 13.5. The lowest BCUT2D eigenvalue weighted by Crippen LogP contribution is -2.25. The molecule has 1 saturated heterocycles. The van der Waals surface area contributed by atoms with E-state index in [0.29, 0.717) is 12.2 Å². The first-order chi connectivity index (χ1) is 11.2. The van der Waals surface area contributed by atoms with E-state index in [4.69, 9.17) is 4.74 Å². The Morgan fingerprint density at radius 1 is 1.35 bits per heavy atom. The van der Waals surface area contributed by atoms with Crippen LogP contribution in [0.5, 0.6) is 0 Å². The van der Waals surface area contributed by atoms with Crippen molar-refractivity contribution in [2.24, 2.45) is 0 Å². The van der Waals surface area contributed by atoms with Gasteiger partial charge in [-0.25, -0.2) is 4.98 Å². The minimum atomic E-state index is 0.164. The molecule has 3 rings (SSSR count). The Balaban J connectivity index is 1.67. The second-order valence-electron chi connectivity index (χ2n) is 5.91. The lowest BCUT2D eigenvalue weighted by Gasteiger charge is -2.20. The van der Waals surface area contributed by atoms with Crippen LogP contribution >= 0.6 is 0 Å². The van der Waals surface area contributed by atoms with E-state index >= 15 is 0 Å². The molecule has 0 spiro atoms. The number of aryl methyl sites for hydroxylation is 2. The van der Waals surface area contributed by atoms with E-state index in [9.17, 15) is 5.26 Å². The van der Waals surface area contributed by atoms with Gasteiger partial charge in [0, 0.05) is 31.2 Å². The highest BCUT2D eigenvalue weighted by molar-refractivity contribution is 5.58. The Kier molecular flexibility index (Phi) is 4.54. The number of hydrogen-bond donors (Lipinski definition) is 0. The number of aromatic nitrogens is 2. The van der Waals surface area contributed by atoms with Crippen molar-refractivity contribution >= 4 is 5.82 Å². The molecule has 1 aliphatic rings. The van der Waals surface area contributed by atoms with Gasteiger partial charge in [-0.05, 0) is 49.6 Å². The number of nitriles is 1. The fraction of sp³-hybridized carbons (Fsp3) is 0.389. The van der Waals surface area contributed by atoms with Crippen molar-refractivity contribution in [3.63, 3.8) is 0 Å². The van der Waals surface area contributed by atoms with Crippen LogP contribution < -0.4 is 4.90 Å². The standard InChI is InChI=1S/C18H20N4O/c1-13-9-14(2)21-18(17(13)10-19)22-8-5-16(11-22)23-12-15-3-6-20-7-4-15/h3-4,6-7,9,16H,5,8,11-12H2,1-2H3/t16-/m0/s1. The maximum Gasteiger partial charge on any atom is 0.147 e. The fourth-order valence-corrected chi connectivity index (χ4v) is 2.93. The van der Waals surface area contributed by atoms with Gasteiger partial charge in [0.2, 0.25) is 0 Å². The Morgan fingerprint density at radius 3 is 2.87 bits per heavy atom. The third kappa shape index (κ3) is 3.49. The van der Waals surface area contributed by atoms with Crippen LogP contribution in [0.4, 0.5) is 5.82 Å². The minimum Gasteiger partial charge on any atom is -0.372 e. The van der Waals surface area contributed by atoms with E-state index in [1.165, 1.54) is 0 Å². The zero-order valence-electron chi connectivity index (χ0n) is 13.5. The monoisotopic (exact) mass is 308 g/mol. The van der Waals surface area contributed by atoms with Crippen molar-refractivity contribution in [3.8, 4) is 6.07 Å². The Labute approximate surface area is 136 Å². The molecule has 0 aliphatic carbocycles. The van der Waals surface area contributed by atoms with Gasteiger partial charge >= 0.3 is 0 Å². The van der Waals surface area contributed by atoms with Gasteiger partial charge in [0.1, 0.15) is 11.9 Å². The molecule has 2 aromatic rings. The molecule has 0 N–H and O–H groups in total. The van der Waals surface area contributed by atoms with Crippen LogP contribution in [-0.2, 0) is 11.3 Å². The van der Waals surface area contributed by atoms with Gasteiger partial charge in [-0.2, -0.15) is 5.26 Å². The predicted molar refractivity (Wildman–Crippen MR) is 88.1 cm³/mol. The second kappa shape index (κ2) is 6.76. The second-order valence-corrected chi connectivity index (χ2v) is 5.91. The molecule has 0 bridgehead atoms. The molecule has 23 heavy (non-hydrogen) atoms. The molecule has 1 atom stereocenters. The normalized spacial score (nSPS) is 17.3. The molecule has 0 saturated carbocycles. The number of hydrogen-bond acceptors (Lipinski definition) is 5. The smallest absolute Gasteiger partial charge is 0.147 e. The number of anilines is 1. The third-order valence-corrected chi connectivity index (χ3v) is 4.12. The minimum absolute atomic E-state index is 0.164. The lowest BCUT2D eigenvalue weighted by atomic mass is 10.1. The average Bonchev–Trinajstić information content (AvgIpc) is 3.02. The van der Waals surface area contributed by atoms with Crippen LogP contribution in [0.3, 0.4) is 0 Å². The van der Waals surface area contributed by atoms with Crippen LogP contribution in [0, 0.1) is 25.2 Å². The van der Waals surface area contributed by atoms with Crippen LogP contribution in [-0.4, -0.2) is 29.2 Å². The number of ether oxygens (including phenoxy) is 1. The van der Waals surface area contributed by atoms with Gasteiger partial charge in [-0.3, -0.25) is 4.98 Å². The van der Waals surface area contributed by atoms with Gasteiger partial charge in [0.15, 0.2) is 0 Å². The van der Waals surface area contributed by atoms with Crippen LogP contribution in [0.25, 0.3) is 0 Å². The molecule has 0 aromatic carbocycles. The predicted octanol–water partition coefficient (Wildman–Crippen LogP) is 2.76. The molecule has 1 aliphatic heterocycles. The van der Waals surface area contributed by atoms with Crippen molar-refractivity contribution in [2.75, 3.05) is 18.0 Å². The molecule has 3 heterocycles. The van der Waals surface area contributed by atoms with Crippen molar-refractivity contribution in [1.29, 1.82) is 5.26 Å². The summed E-state index contributed by atoms with van der Waals surface area (Å²) < 4.78 is 5.99. The molecular formula is C18H20N4O. The summed E-state index contributed by atoms with van der Waals surface area (Å²) in [5, 5.41) is 9.41. The number of rotatable bonds is 4. The Morgan fingerprint density at radius 2 is 2.13 bits per heavy atom. The number of nitrogens with zero attached hydrogens (tertiary/aromatic N) is 4. The van der Waals surface area contributed by atoms with Crippen LogP contribution in [0.1, 0.15) is 28.8 Å². The van der Waals surface area contributed by atoms with Gasteiger partial charge in [-0.15, -0.1) is 0 Å². The first kappa shape index (κ1) is 15.4. The van der Waals surface area contributed by atoms with E-state index in [0.717, 1.165) is 42.1 Å². The summed E-state index contributed by atoms with van der Waals surface area (Å²) in [7, 11) is 0. The van der Waals surface area contributed by atoms with Crippen molar-refractivity contribution in [2.45, 2.75) is 33.0 Å². The Hall–Kier alpha value is -2.45. The summed E-state index contributed by atoms with van der Waals surface area (Å²) in [5.41, 5.74) is 3.72. The molecule has 5 nitrogen and oxygen atoms in total. The van der Waals surface area contributed by atoms with Crippen molar-refractivity contribution in [1.82, 2.24) is 9.97 Å². The summed E-state index contributed by atoms with van der Waals surface area (Å²) in [6.45, 7) is 6.16. The maximum atomic E-state index is 9.41. The highest BCUT2D eigenvalue weighted by Crippen LogP contribution is 2.26. The Bertz CT molecular complexity index is 724. The van der Waals surface area contributed by atoms with E-state index in [-0.39, 0.29) is 6.10 Å². The van der Waals surface area contributed by atoms with Gasteiger partial charge in [0.25, 0.3) is 0 Å². The first-order valence-corrected chi connectivity index (χ1v) is 7.81. The molecular weight excluding hydrogens is 288 g/mol. The third-order valence-electron chi connectivity index (χ3n) is 4.12. The van der Waals surface area contributed by atoms with Crippen LogP contribution in [0.2, 0.25) is 0 Å². The molecule has 0 radical (unpaired) electrons.